The molecule has 0 aliphatic carbocycles. The van der Waals surface area contributed by atoms with Crippen LogP contribution in [0.4, 0.5) is 0 Å². The van der Waals surface area contributed by atoms with Gasteiger partial charge in [0.25, 0.3) is 0 Å². The van der Waals surface area contributed by atoms with Gasteiger partial charge in [0.15, 0.2) is 0 Å². The van der Waals surface area contributed by atoms with Gasteiger partial charge in [-0.25, -0.2) is 0 Å². The summed E-state index contributed by atoms with van der Waals surface area (Å²) in [6.45, 7) is 7.25. The molecule has 6 heteroatoms. The number of nitrogens with one attached hydrogen (secondary N) is 1. The van der Waals surface area contributed by atoms with Crippen molar-refractivity contribution in [1.29, 1.82) is 0 Å². The van der Waals surface area contributed by atoms with Crippen molar-refractivity contribution in [3.8, 4) is 0 Å². The largest absolute Gasteiger partial charge is 0.375 e. The van der Waals surface area contributed by atoms with Gasteiger partial charge >= 0.3 is 0 Å². The molecule has 0 radical (unpaired) electrons. The Labute approximate surface area is 121 Å². The molecule has 0 spiro atoms. The van der Waals surface area contributed by atoms with Gasteiger partial charge in [0.05, 0.1) is 6.04 Å². The average Bonchev–Trinajstić information content (AvgIpc) is 2.37. The van der Waals surface area contributed by atoms with E-state index in [1.165, 1.54) is 7.11 Å². The number of amides is 2. The Bertz CT molecular complexity index is 344. The Morgan fingerprint density at radius 1 is 1.35 bits per heavy atom. The van der Waals surface area contributed by atoms with Crippen LogP contribution in [0.5, 0.6) is 0 Å². The highest BCUT2D eigenvalue weighted by Gasteiger charge is 2.33. The fourth-order valence-electron chi connectivity index (χ4n) is 2.21. The second kappa shape index (κ2) is 7.04. The van der Waals surface area contributed by atoms with E-state index >= 15 is 0 Å². The maximum Gasteiger partial charge on any atom is 0.246 e. The van der Waals surface area contributed by atoms with Crippen LogP contribution in [0.15, 0.2) is 0 Å². The van der Waals surface area contributed by atoms with Gasteiger partial charge in [-0.1, -0.05) is 20.8 Å². The van der Waals surface area contributed by atoms with Crippen LogP contribution >= 0.6 is 0 Å². The number of nitrogens with two attached hydrogens (primary N) is 1. The molecule has 1 saturated heterocycles. The van der Waals surface area contributed by atoms with Crippen molar-refractivity contribution < 1.29 is 14.3 Å². The zero-order chi connectivity index (χ0) is 15.3. The third-order valence-electron chi connectivity index (χ3n) is 3.65. The lowest BCUT2D eigenvalue weighted by molar-refractivity contribution is -0.136. The zero-order valence-electron chi connectivity index (χ0n) is 12.9. The zero-order valence-corrected chi connectivity index (χ0v) is 12.9. The minimum Gasteiger partial charge on any atom is -0.375 e. The maximum atomic E-state index is 12.3. The molecule has 0 aromatic rings. The first-order valence-electron chi connectivity index (χ1n) is 7.08. The topological polar surface area (TPSA) is 84.7 Å². The van der Waals surface area contributed by atoms with Gasteiger partial charge < -0.3 is 20.7 Å². The van der Waals surface area contributed by atoms with Crippen LogP contribution in [-0.4, -0.2) is 55.6 Å². The molecule has 0 aromatic carbocycles. The lowest BCUT2D eigenvalue weighted by atomic mass is 9.86. The van der Waals surface area contributed by atoms with E-state index in [2.05, 4.69) is 5.32 Å². The van der Waals surface area contributed by atoms with Crippen molar-refractivity contribution in [1.82, 2.24) is 10.2 Å². The first-order valence-corrected chi connectivity index (χ1v) is 7.08. The summed E-state index contributed by atoms with van der Waals surface area (Å²) in [7, 11) is 1.49. The van der Waals surface area contributed by atoms with E-state index in [1.807, 2.05) is 20.8 Å². The molecule has 1 aliphatic rings. The van der Waals surface area contributed by atoms with Crippen LogP contribution in [0.1, 0.15) is 33.6 Å². The van der Waals surface area contributed by atoms with Gasteiger partial charge in [-0.15, -0.1) is 0 Å². The first-order chi connectivity index (χ1) is 9.25. The number of hydrogen-bond donors (Lipinski definition) is 2. The fourth-order valence-corrected chi connectivity index (χ4v) is 2.21. The van der Waals surface area contributed by atoms with Crippen LogP contribution in [0.2, 0.25) is 0 Å². The molecule has 116 valence electrons. The summed E-state index contributed by atoms with van der Waals surface area (Å²) in [5.74, 6) is -0.108. The molecule has 6 nitrogen and oxygen atoms in total. The summed E-state index contributed by atoms with van der Waals surface area (Å²) in [6.07, 6.45) is 1.52. The highest BCUT2D eigenvalue weighted by molar-refractivity contribution is 5.82. The number of carbonyl (C=O) groups is 2. The predicted octanol–water partition coefficient (Wildman–Crippen LogP) is 0.113. The molecule has 2 amide bonds. The third-order valence-corrected chi connectivity index (χ3v) is 3.65. The predicted molar refractivity (Wildman–Crippen MR) is 77.1 cm³/mol. The number of ether oxygens (including phenoxy) is 1. The Hall–Kier alpha value is -1.14. The highest BCUT2D eigenvalue weighted by atomic mass is 16.5. The molecule has 0 bridgehead atoms. The van der Waals surface area contributed by atoms with Crippen LogP contribution in [0.25, 0.3) is 0 Å². The van der Waals surface area contributed by atoms with Gasteiger partial charge in [-0.2, -0.15) is 0 Å². The number of piperidine rings is 1. The van der Waals surface area contributed by atoms with Crippen molar-refractivity contribution >= 4 is 11.8 Å². The number of carbonyl (C=O) groups excluding carboxylic acids is 2. The summed E-state index contributed by atoms with van der Waals surface area (Å²) < 4.78 is 4.78. The monoisotopic (exact) mass is 285 g/mol. The van der Waals surface area contributed by atoms with E-state index < -0.39 is 6.04 Å². The minimum atomic E-state index is -0.484. The second-order valence-electron chi connectivity index (χ2n) is 6.44. The van der Waals surface area contributed by atoms with Crippen molar-refractivity contribution in [2.24, 2.45) is 11.1 Å². The lowest BCUT2D eigenvalue weighted by Crippen LogP contribution is -2.54. The molecule has 0 unspecified atom stereocenters. The number of likely N-dealkylation sites (tertiary alicyclic amines) is 1. The summed E-state index contributed by atoms with van der Waals surface area (Å²) >= 11 is 0. The molecule has 1 atom stereocenters. The van der Waals surface area contributed by atoms with Crippen LogP contribution in [0.3, 0.4) is 0 Å². The van der Waals surface area contributed by atoms with Crippen molar-refractivity contribution in [3.05, 3.63) is 0 Å². The van der Waals surface area contributed by atoms with Gasteiger partial charge in [-0.05, 0) is 18.3 Å². The molecule has 0 aromatic heterocycles. The molecule has 1 fully saturated rings. The third kappa shape index (κ3) is 4.76. The number of nitrogens with zero attached hydrogens (tertiary/aromatic N) is 1. The average molecular weight is 285 g/mol. The Morgan fingerprint density at radius 2 is 1.90 bits per heavy atom. The van der Waals surface area contributed by atoms with Crippen LogP contribution < -0.4 is 11.1 Å². The molecule has 1 heterocycles. The highest BCUT2D eigenvalue weighted by Crippen LogP contribution is 2.21. The Balaban J connectivity index is 2.42. The SMILES string of the molecule is COCC(=O)NC1CCN(C(=O)[C@H](N)C(C)(C)C)CC1. The van der Waals surface area contributed by atoms with Crippen molar-refractivity contribution in [2.75, 3.05) is 26.8 Å². The van der Waals surface area contributed by atoms with Crippen molar-refractivity contribution in [2.45, 2.75) is 45.7 Å². The van der Waals surface area contributed by atoms with Gasteiger partial charge in [0.2, 0.25) is 11.8 Å². The maximum absolute atomic E-state index is 12.3. The van der Waals surface area contributed by atoms with Gasteiger partial charge in [0.1, 0.15) is 6.61 Å². The summed E-state index contributed by atoms with van der Waals surface area (Å²) in [6, 6.07) is -0.366. The number of methoxy groups -OCH3 is 1. The smallest absolute Gasteiger partial charge is 0.246 e. The second-order valence-corrected chi connectivity index (χ2v) is 6.44. The molecule has 20 heavy (non-hydrogen) atoms. The van der Waals surface area contributed by atoms with E-state index in [9.17, 15) is 9.59 Å². The summed E-state index contributed by atoms with van der Waals surface area (Å²) in [5, 5.41) is 2.91. The molecule has 0 saturated carbocycles. The molecule has 3 N–H and O–H groups in total. The van der Waals surface area contributed by atoms with Gasteiger partial charge in [-0.3, -0.25) is 9.59 Å². The van der Waals surface area contributed by atoms with Crippen LogP contribution in [-0.2, 0) is 14.3 Å². The molecular formula is C14H27N3O3. The molecule has 1 rings (SSSR count). The normalized spacial score (nSPS) is 18.8. The molecule has 1 aliphatic heterocycles. The summed E-state index contributed by atoms with van der Waals surface area (Å²) in [5.41, 5.74) is 5.77. The lowest BCUT2D eigenvalue weighted by Gasteiger charge is -2.36. The van der Waals surface area contributed by atoms with E-state index in [4.69, 9.17) is 10.5 Å². The standard InChI is InChI=1S/C14H27N3O3/c1-14(2,3)12(15)13(19)17-7-5-10(6-8-17)16-11(18)9-20-4/h10,12H,5-9,15H2,1-4H3,(H,16,18)/t12-/m0/s1. The quantitative estimate of drug-likeness (QED) is 0.768. The van der Waals surface area contributed by atoms with E-state index in [1.54, 1.807) is 4.90 Å². The minimum absolute atomic E-state index is 0.000770. The van der Waals surface area contributed by atoms with E-state index in [0.29, 0.717) is 13.1 Å². The fraction of sp³-hybridized carbons (Fsp3) is 0.857. The van der Waals surface area contributed by atoms with E-state index in [-0.39, 0.29) is 29.9 Å². The summed E-state index contributed by atoms with van der Waals surface area (Å²) in [4.78, 5) is 25.5. The molecular weight excluding hydrogens is 258 g/mol. The number of hydrogen-bond acceptors (Lipinski definition) is 4. The van der Waals surface area contributed by atoms with Gasteiger partial charge in [0, 0.05) is 26.2 Å². The van der Waals surface area contributed by atoms with Crippen molar-refractivity contribution in [3.63, 3.8) is 0 Å². The Kier molecular flexibility index (Phi) is 5.95. The van der Waals surface area contributed by atoms with Crippen LogP contribution in [0, 0.1) is 5.41 Å². The van der Waals surface area contributed by atoms with E-state index in [0.717, 1.165) is 12.8 Å². The Morgan fingerprint density at radius 3 is 2.35 bits per heavy atom. The number of rotatable bonds is 4. The first kappa shape index (κ1) is 16.9.